The van der Waals surface area contributed by atoms with Gasteiger partial charge in [0.05, 0.1) is 11.9 Å². The Labute approximate surface area is 148 Å². The lowest BCUT2D eigenvalue weighted by Gasteiger charge is -2.08. The Hall–Kier alpha value is -3.48. The van der Waals surface area contributed by atoms with Crippen LogP contribution in [0.2, 0.25) is 0 Å². The quantitative estimate of drug-likeness (QED) is 0.593. The van der Waals surface area contributed by atoms with Crippen molar-refractivity contribution in [2.75, 3.05) is 5.32 Å². The normalized spacial score (nSPS) is 11.0. The number of hydrogen-bond acceptors (Lipinski definition) is 4. The predicted molar refractivity (Wildman–Crippen MR) is 97.9 cm³/mol. The summed E-state index contributed by atoms with van der Waals surface area (Å²) in [5.41, 5.74) is 2.33. The summed E-state index contributed by atoms with van der Waals surface area (Å²) in [5, 5.41) is 7.70. The number of benzene rings is 2. The molecule has 0 aliphatic heterocycles. The van der Waals surface area contributed by atoms with Gasteiger partial charge in [-0.1, -0.05) is 30.3 Å². The van der Waals surface area contributed by atoms with Crippen LogP contribution in [0.5, 0.6) is 0 Å². The van der Waals surface area contributed by atoms with E-state index in [0.29, 0.717) is 29.1 Å². The molecular weight excluding hydrogens is 333 g/mol. The third-order valence-corrected chi connectivity index (χ3v) is 4.14. The second-order valence-corrected chi connectivity index (χ2v) is 5.98. The van der Waals surface area contributed by atoms with Crippen molar-refractivity contribution >= 4 is 17.0 Å². The van der Waals surface area contributed by atoms with Crippen LogP contribution >= 0.6 is 0 Å². The van der Waals surface area contributed by atoms with Gasteiger partial charge in [0.15, 0.2) is 5.65 Å². The summed E-state index contributed by atoms with van der Waals surface area (Å²) < 4.78 is 15.3. The maximum atomic E-state index is 13.7. The first-order chi connectivity index (χ1) is 12.6. The number of fused-ring (bicyclic) bond motifs is 1. The molecule has 2 heterocycles. The Kier molecular flexibility index (Phi) is 3.96. The van der Waals surface area contributed by atoms with Gasteiger partial charge in [-0.25, -0.2) is 9.07 Å². The van der Waals surface area contributed by atoms with Crippen molar-refractivity contribution < 1.29 is 4.39 Å². The summed E-state index contributed by atoms with van der Waals surface area (Å²) in [6.07, 6.45) is 1.49. The summed E-state index contributed by atoms with van der Waals surface area (Å²) >= 11 is 0. The first-order valence-electron chi connectivity index (χ1n) is 8.14. The minimum Gasteiger partial charge on any atom is -0.352 e. The van der Waals surface area contributed by atoms with Crippen LogP contribution in [0.15, 0.2) is 59.5 Å². The minimum absolute atomic E-state index is 0.261. The molecular formula is C19H16FN5O. The third kappa shape index (κ3) is 2.95. The van der Waals surface area contributed by atoms with Crippen molar-refractivity contribution in [1.29, 1.82) is 0 Å². The topological polar surface area (TPSA) is 75.6 Å². The highest BCUT2D eigenvalue weighted by Crippen LogP contribution is 2.15. The van der Waals surface area contributed by atoms with Crippen molar-refractivity contribution in [2.45, 2.75) is 13.5 Å². The maximum Gasteiger partial charge on any atom is 0.263 e. The lowest BCUT2D eigenvalue weighted by molar-refractivity contribution is 0.616. The monoisotopic (exact) mass is 349 g/mol. The minimum atomic E-state index is -0.283. The van der Waals surface area contributed by atoms with Crippen LogP contribution in [0.3, 0.4) is 0 Å². The van der Waals surface area contributed by atoms with Crippen molar-refractivity contribution in [3.05, 3.63) is 82.0 Å². The van der Waals surface area contributed by atoms with Crippen LogP contribution in [-0.2, 0) is 6.54 Å². The van der Waals surface area contributed by atoms with Gasteiger partial charge in [0.25, 0.3) is 5.56 Å². The van der Waals surface area contributed by atoms with E-state index in [0.717, 1.165) is 11.3 Å². The van der Waals surface area contributed by atoms with Crippen molar-refractivity contribution in [1.82, 2.24) is 19.7 Å². The number of anilines is 1. The molecule has 7 heteroatoms. The van der Waals surface area contributed by atoms with Crippen LogP contribution in [0, 0.1) is 12.7 Å². The first-order valence-corrected chi connectivity index (χ1v) is 8.14. The molecule has 0 saturated heterocycles. The number of rotatable bonds is 4. The average Bonchev–Trinajstić information content (AvgIpc) is 3.08. The van der Waals surface area contributed by atoms with Gasteiger partial charge in [-0.2, -0.15) is 10.1 Å². The molecule has 0 bridgehead atoms. The highest BCUT2D eigenvalue weighted by atomic mass is 19.1. The number of hydrogen-bond donors (Lipinski definition) is 2. The fourth-order valence-electron chi connectivity index (χ4n) is 2.69. The van der Waals surface area contributed by atoms with Crippen LogP contribution in [0.4, 0.5) is 10.3 Å². The molecule has 0 fully saturated rings. The molecule has 2 N–H and O–H groups in total. The van der Waals surface area contributed by atoms with Gasteiger partial charge in [0, 0.05) is 6.54 Å². The van der Waals surface area contributed by atoms with Crippen LogP contribution < -0.4 is 10.9 Å². The largest absolute Gasteiger partial charge is 0.352 e. The standard InChI is InChI=1S/C19H16FN5O/c1-12-7-8-13(9-16(12)20)10-21-19-23-17-15(18(26)24-19)11-22-25(17)14-5-3-2-4-6-14/h2-9,11H,10H2,1H3,(H2,21,23,24,26). The summed E-state index contributed by atoms with van der Waals surface area (Å²) in [5.74, 6) is 0.0459. The van der Waals surface area contributed by atoms with E-state index in [1.807, 2.05) is 36.4 Å². The second kappa shape index (κ2) is 6.44. The van der Waals surface area contributed by atoms with Crippen molar-refractivity contribution in [2.24, 2.45) is 0 Å². The Morgan fingerprint density at radius 1 is 1.19 bits per heavy atom. The molecule has 0 aliphatic carbocycles. The molecule has 4 aromatic rings. The number of aromatic nitrogens is 4. The Morgan fingerprint density at radius 2 is 2.00 bits per heavy atom. The third-order valence-electron chi connectivity index (χ3n) is 4.14. The van der Waals surface area contributed by atoms with E-state index in [-0.39, 0.29) is 11.4 Å². The Morgan fingerprint density at radius 3 is 2.77 bits per heavy atom. The van der Waals surface area contributed by atoms with E-state index < -0.39 is 0 Å². The lowest BCUT2D eigenvalue weighted by atomic mass is 10.1. The van der Waals surface area contributed by atoms with E-state index in [1.54, 1.807) is 17.7 Å². The van der Waals surface area contributed by atoms with E-state index in [4.69, 9.17) is 0 Å². The van der Waals surface area contributed by atoms with Crippen molar-refractivity contribution in [3.63, 3.8) is 0 Å². The average molecular weight is 349 g/mol. The zero-order valence-corrected chi connectivity index (χ0v) is 14.0. The smallest absolute Gasteiger partial charge is 0.263 e. The van der Waals surface area contributed by atoms with Gasteiger partial charge in [0.2, 0.25) is 5.95 Å². The fourth-order valence-corrected chi connectivity index (χ4v) is 2.69. The van der Waals surface area contributed by atoms with Gasteiger partial charge >= 0.3 is 0 Å². The highest BCUT2D eigenvalue weighted by molar-refractivity contribution is 5.76. The molecule has 0 atom stereocenters. The number of nitrogens with zero attached hydrogens (tertiary/aromatic N) is 3. The molecule has 0 amide bonds. The molecule has 6 nitrogen and oxygen atoms in total. The van der Waals surface area contributed by atoms with E-state index >= 15 is 0 Å². The van der Waals surface area contributed by atoms with Crippen LogP contribution in [0.1, 0.15) is 11.1 Å². The van der Waals surface area contributed by atoms with E-state index in [9.17, 15) is 9.18 Å². The summed E-state index contributed by atoms with van der Waals surface area (Å²) in [7, 11) is 0. The molecule has 0 saturated carbocycles. The zero-order valence-electron chi connectivity index (χ0n) is 14.0. The number of para-hydroxylation sites is 1. The van der Waals surface area contributed by atoms with Crippen LogP contribution in [0.25, 0.3) is 16.7 Å². The molecule has 0 aliphatic rings. The summed E-state index contributed by atoms with van der Waals surface area (Å²) in [6, 6.07) is 14.5. The molecule has 26 heavy (non-hydrogen) atoms. The Balaban J connectivity index is 1.68. The van der Waals surface area contributed by atoms with Crippen LogP contribution in [-0.4, -0.2) is 19.7 Å². The van der Waals surface area contributed by atoms with E-state index in [1.165, 1.54) is 12.3 Å². The van der Waals surface area contributed by atoms with Crippen molar-refractivity contribution in [3.8, 4) is 5.69 Å². The molecule has 130 valence electrons. The lowest BCUT2D eigenvalue weighted by Crippen LogP contribution is -2.13. The highest BCUT2D eigenvalue weighted by Gasteiger charge is 2.11. The Bertz CT molecular complexity index is 1130. The summed E-state index contributed by atoms with van der Waals surface area (Å²) in [4.78, 5) is 19.5. The van der Waals surface area contributed by atoms with Gasteiger partial charge in [-0.15, -0.1) is 0 Å². The molecule has 2 aromatic carbocycles. The fraction of sp³-hybridized carbons (Fsp3) is 0.105. The number of aryl methyl sites for hydroxylation is 1. The second-order valence-electron chi connectivity index (χ2n) is 5.98. The number of nitrogens with one attached hydrogen (secondary N) is 2. The van der Waals surface area contributed by atoms with Gasteiger partial charge < -0.3 is 5.32 Å². The first kappa shape index (κ1) is 16.0. The molecule has 0 spiro atoms. The molecule has 2 aromatic heterocycles. The number of aromatic amines is 1. The van der Waals surface area contributed by atoms with Gasteiger partial charge in [-0.3, -0.25) is 9.78 Å². The zero-order chi connectivity index (χ0) is 18.1. The number of H-pyrrole nitrogens is 1. The van der Waals surface area contributed by atoms with Gasteiger partial charge in [0.1, 0.15) is 11.2 Å². The predicted octanol–water partition coefficient (Wildman–Crippen LogP) is 3.17. The SMILES string of the molecule is Cc1ccc(CNc2nc3c(cnn3-c3ccccc3)c(=O)[nH]2)cc1F. The molecule has 0 unspecified atom stereocenters. The molecule has 4 rings (SSSR count). The number of halogens is 1. The van der Waals surface area contributed by atoms with E-state index in [2.05, 4.69) is 20.4 Å². The maximum absolute atomic E-state index is 13.7. The summed E-state index contributed by atoms with van der Waals surface area (Å²) in [6.45, 7) is 2.05. The van der Waals surface area contributed by atoms with Gasteiger partial charge in [-0.05, 0) is 36.2 Å². The molecule has 0 radical (unpaired) electrons.